The summed E-state index contributed by atoms with van der Waals surface area (Å²) in [7, 11) is -2.64. The third-order valence-corrected chi connectivity index (χ3v) is 6.83. The molecule has 176 valence electrons. The van der Waals surface area contributed by atoms with Crippen molar-refractivity contribution in [3.8, 4) is 5.75 Å². The first-order valence-corrected chi connectivity index (χ1v) is 12.0. The van der Waals surface area contributed by atoms with Crippen LogP contribution in [0.25, 0.3) is 21.9 Å². The molecule has 5 aromatic rings. The van der Waals surface area contributed by atoms with Crippen molar-refractivity contribution in [2.75, 3.05) is 17.1 Å². The van der Waals surface area contributed by atoms with Crippen LogP contribution in [0.2, 0.25) is 0 Å². The molecule has 7 nitrogen and oxygen atoms in total. The number of furan rings is 1. The Hall–Kier alpha value is -4.37. The summed E-state index contributed by atoms with van der Waals surface area (Å²) in [5.74, 6) is -0.845. The zero-order chi connectivity index (χ0) is 24.6. The van der Waals surface area contributed by atoms with Crippen molar-refractivity contribution >= 4 is 49.2 Å². The Bertz CT molecular complexity index is 1700. The zero-order valence-electron chi connectivity index (χ0n) is 18.4. The van der Waals surface area contributed by atoms with Crippen molar-refractivity contribution in [3.63, 3.8) is 0 Å². The fourth-order valence-corrected chi connectivity index (χ4v) is 4.88. The van der Waals surface area contributed by atoms with Crippen molar-refractivity contribution in [2.24, 2.45) is 0 Å². The van der Waals surface area contributed by atoms with E-state index in [1.165, 1.54) is 49.6 Å². The zero-order valence-corrected chi connectivity index (χ0v) is 19.2. The molecule has 0 aliphatic carbocycles. The van der Waals surface area contributed by atoms with Gasteiger partial charge in [0.05, 0.1) is 23.4 Å². The van der Waals surface area contributed by atoms with Gasteiger partial charge in [-0.15, -0.1) is 0 Å². The molecule has 1 amide bonds. The van der Waals surface area contributed by atoms with Crippen LogP contribution in [-0.4, -0.2) is 21.4 Å². The van der Waals surface area contributed by atoms with Crippen LogP contribution < -0.4 is 14.8 Å². The number of methoxy groups -OCH3 is 1. The van der Waals surface area contributed by atoms with Crippen LogP contribution in [-0.2, 0) is 10.0 Å². The Morgan fingerprint density at radius 2 is 1.63 bits per heavy atom. The van der Waals surface area contributed by atoms with Crippen LogP contribution in [0.1, 0.15) is 10.4 Å². The lowest BCUT2D eigenvalue weighted by molar-refractivity contribution is 0.102. The molecule has 4 aromatic carbocycles. The lowest BCUT2D eigenvalue weighted by Crippen LogP contribution is -2.16. The van der Waals surface area contributed by atoms with Gasteiger partial charge in [0.1, 0.15) is 22.7 Å². The van der Waals surface area contributed by atoms with Crippen LogP contribution in [0, 0.1) is 5.82 Å². The van der Waals surface area contributed by atoms with Gasteiger partial charge in [-0.05, 0) is 42.5 Å². The normalized spacial score (nSPS) is 11.5. The molecular weight excluding hydrogens is 471 g/mol. The summed E-state index contributed by atoms with van der Waals surface area (Å²) in [4.78, 5) is 12.8. The second-order valence-corrected chi connectivity index (χ2v) is 9.40. The van der Waals surface area contributed by atoms with Gasteiger partial charge in [0.25, 0.3) is 15.9 Å². The van der Waals surface area contributed by atoms with E-state index < -0.39 is 21.7 Å². The first-order chi connectivity index (χ1) is 16.9. The molecule has 0 saturated carbocycles. The van der Waals surface area contributed by atoms with Gasteiger partial charge < -0.3 is 14.5 Å². The Kier molecular flexibility index (Phi) is 5.62. The highest BCUT2D eigenvalue weighted by Gasteiger charge is 2.19. The third kappa shape index (κ3) is 4.29. The summed E-state index contributed by atoms with van der Waals surface area (Å²) in [5.41, 5.74) is 1.53. The molecule has 0 aliphatic rings. The van der Waals surface area contributed by atoms with Gasteiger partial charge in [0.2, 0.25) is 0 Å². The van der Waals surface area contributed by atoms with Gasteiger partial charge in [-0.1, -0.05) is 36.4 Å². The maximum atomic E-state index is 13.9. The smallest absolute Gasteiger partial charge is 0.262 e. The molecule has 0 unspecified atom stereocenters. The first-order valence-electron chi connectivity index (χ1n) is 10.5. The SMILES string of the molecule is COc1cc2c(cc1NC(=O)c1cccc(S(=O)(=O)Nc3ccccc3F)c1)oc1ccccc12. The van der Waals surface area contributed by atoms with Crippen molar-refractivity contribution in [1.82, 2.24) is 0 Å². The highest BCUT2D eigenvalue weighted by atomic mass is 32.2. The minimum absolute atomic E-state index is 0.0909. The lowest BCUT2D eigenvalue weighted by Gasteiger charge is -2.12. The van der Waals surface area contributed by atoms with E-state index in [0.29, 0.717) is 22.6 Å². The fraction of sp³-hybridized carbons (Fsp3) is 0.0385. The number of ether oxygens (including phenoxy) is 1. The first kappa shape index (κ1) is 22.4. The maximum absolute atomic E-state index is 13.9. The summed E-state index contributed by atoms with van der Waals surface area (Å²) in [6.07, 6.45) is 0. The van der Waals surface area contributed by atoms with Gasteiger partial charge in [-0.25, -0.2) is 12.8 Å². The molecule has 0 bridgehead atoms. The molecule has 0 spiro atoms. The fourth-order valence-electron chi connectivity index (χ4n) is 3.76. The number of para-hydroxylation sites is 2. The molecule has 0 atom stereocenters. The number of nitrogens with one attached hydrogen (secondary N) is 2. The Morgan fingerprint density at radius 1 is 0.857 bits per heavy atom. The maximum Gasteiger partial charge on any atom is 0.262 e. The van der Waals surface area contributed by atoms with Crippen molar-refractivity contribution < 1.29 is 26.8 Å². The van der Waals surface area contributed by atoms with E-state index in [2.05, 4.69) is 10.0 Å². The topological polar surface area (TPSA) is 97.6 Å². The number of rotatable bonds is 6. The van der Waals surface area contributed by atoms with E-state index in [1.807, 2.05) is 24.3 Å². The van der Waals surface area contributed by atoms with Crippen LogP contribution in [0.15, 0.2) is 94.2 Å². The molecular formula is C26H19FN2O5S. The Morgan fingerprint density at radius 3 is 2.43 bits per heavy atom. The predicted octanol–water partition coefficient (Wildman–Crippen LogP) is 5.79. The summed E-state index contributed by atoms with van der Waals surface area (Å²) in [6, 6.07) is 21.8. The Labute approximate surface area is 200 Å². The quantitative estimate of drug-likeness (QED) is 0.314. The van der Waals surface area contributed by atoms with Crippen molar-refractivity contribution in [3.05, 3.63) is 96.3 Å². The summed E-state index contributed by atoms with van der Waals surface area (Å²) in [5, 5.41) is 4.50. The van der Waals surface area contributed by atoms with Gasteiger partial charge in [0.15, 0.2) is 0 Å². The molecule has 0 saturated heterocycles. The molecule has 0 aliphatic heterocycles. The summed E-state index contributed by atoms with van der Waals surface area (Å²) >= 11 is 0. The second-order valence-electron chi connectivity index (χ2n) is 7.71. The standard InChI is InChI=1S/C26H19FN2O5S/c1-33-25-14-19-18-9-2-5-12-23(18)34-24(19)15-22(25)28-26(30)16-7-6-8-17(13-16)35(31,32)29-21-11-4-3-10-20(21)27/h2-15,29H,1H3,(H,28,30). The molecule has 35 heavy (non-hydrogen) atoms. The molecule has 0 radical (unpaired) electrons. The number of fused-ring (bicyclic) bond motifs is 3. The number of hydrogen-bond acceptors (Lipinski definition) is 5. The number of carbonyl (C=O) groups excluding carboxylic acids is 1. The average Bonchev–Trinajstić information content (AvgIpc) is 3.22. The van der Waals surface area contributed by atoms with Crippen LogP contribution in [0.5, 0.6) is 5.75 Å². The van der Waals surface area contributed by atoms with E-state index >= 15 is 0 Å². The minimum atomic E-state index is -4.13. The van der Waals surface area contributed by atoms with Gasteiger partial charge in [-0.3, -0.25) is 9.52 Å². The molecule has 9 heteroatoms. The summed E-state index contributed by atoms with van der Waals surface area (Å²) < 4.78 is 53.0. The Balaban J connectivity index is 1.45. The number of sulfonamides is 1. The average molecular weight is 491 g/mol. The van der Waals surface area contributed by atoms with Gasteiger partial charge >= 0.3 is 0 Å². The van der Waals surface area contributed by atoms with Crippen molar-refractivity contribution in [1.29, 1.82) is 0 Å². The molecule has 5 rings (SSSR count). The van der Waals surface area contributed by atoms with E-state index in [0.717, 1.165) is 16.8 Å². The van der Waals surface area contributed by atoms with Crippen molar-refractivity contribution in [2.45, 2.75) is 4.90 Å². The minimum Gasteiger partial charge on any atom is -0.495 e. The van der Waals surface area contributed by atoms with Gasteiger partial charge in [-0.2, -0.15) is 0 Å². The predicted molar refractivity (Wildman–Crippen MR) is 132 cm³/mol. The van der Waals surface area contributed by atoms with Crippen LogP contribution in [0.4, 0.5) is 15.8 Å². The molecule has 1 heterocycles. The number of amides is 1. The lowest BCUT2D eigenvalue weighted by atomic mass is 10.1. The van der Waals surface area contributed by atoms with E-state index in [9.17, 15) is 17.6 Å². The molecule has 2 N–H and O–H groups in total. The number of carbonyl (C=O) groups is 1. The highest BCUT2D eigenvalue weighted by molar-refractivity contribution is 7.92. The largest absolute Gasteiger partial charge is 0.495 e. The number of benzene rings is 4. The highest BCUT2D eigenvalue weighted by Crippen LogP contribution is 2.36. The van der Waals surface area contributed by atoms with Crippen LogP contribution in [0.3, 0.4) is 0 Å². The number of hydrogen-bond donors (Lipinski definition) is 2. The van der Waals surface area contributed by atoms with Gasteiger partial charge in [0, 0.05) is 22.4 Å². The molecule has 0 fully saturated rings. The number of anilines is 2. The monoisotopic (exact) mass is 490 g/mol. The molecule has 1 aromatic heterocycles. The van der Waals surface area contributed by atoms with E-state index in [-0.39, 0.29) is 16.1 Å². The van der Waals surface area contributed by atoms with E-state index in [1.54, 1.807) is 12.1 Å². The van der Waals surface area contributed by atoms with Crippen LogP contribution >= 0.6 is 0 Å². The van der Waals surface area contributed by atoms with E-state index in [4.69, 9.17) is 9.15 Å². The summed E-state index contributed by atoms with van der Waals surface area (Å²) in [6.45, 7) is 0. The second kappa shape index (κ2) is 8.77. The number of halogens is 1. The third-order valence-electron chi connectivity index (χ3n) is 5.47.